The largest absolute Gasteiger partial charge is 0.497 e. The molecule has 1 heterocycles. The summed E-state index contributed by atoms with van der Waals surface area (Å²) >= 11 is 0. The number of nitrogens with one attached hydrogen (secondary N) is 1. The van der Waals surface area contributed by atoms with Gasteiger partial charge in [0.15, 0.2) is 0 Å². The van der Waals surface area contributed by atoms with Crippen molar-refractivity contribution < 1.29 is 14.3 Å². The van der Waals surface area contributed by atoms with E-state index in [0.29, 0.717) is 11.3 Å². The summed E-state index contributed by atoms with van der Waals surface area (Å²) in [6.07, 6.45) is 4.51. The Bertz CT molecular complexity index is 427. The van der Waals surface area contributed by atoms with E-state index in [2.05, 4.69) is 5.32 Å². The van der Waals surface area contributed by atoms with E-state index >= 15 is 0 Å². The lowest BCUT2D eigenvalue weighted by Crippen LogP contribution is -2.25. The summed E-state index contributed by atoms with van der Waals surface area (Å²) in [4.78, 5) is 12.0. The zero-order valence-electron chi connectivity index (χ0n) is 12.1. The van der Waals surface area contributed by atoms with Gasteiger partial charge >= 0.3 is 0 Å². The molecule has 1 aromatic carbocycles. The number of hydrogen-bond donors (Lipinski definition) is 1. The number of hydrogen-bond acceptors (Lipinski definition) is 3. The molecule has 0 aliphatic carbocycles. The minimum absolute atomic E-state index is 0.0316. The summed E-state index contributed by atoms with van der Waals surface area (Å²) in [6.45, 7) is 2.51. The minimum atomic E-state index is -0.0316. The second-order valence-electron chi connectivity index (χ2n) is 5.19. The lowest BCUT2D eigenvalue weighted by Gasteiger charge is -2.21. The van der Waals surface area contributed by atoms with E-state index in [4.69, 9.17) is 9.47 Å². The van der Waals surface area contributed by atoms with Crippen LogP contribution in [0.25, 0.3) is 0 Å². The van der Waals surface area contributed by atoms with Crippen LogP contribution in [-0.4, -0.2) is 32.8 Å². The van der Waals surface area contributed by atoms with Crippen LogP contribution in [0, 0.1) is 5.92 Å². The minimum Gasteiger partial charge on any atom is -0.497 e. The first kappa shape index (κ1) is 14.9. The zero-order valence-corrected chi connectivity index (χ0v) is 12.1. The van der Waals surface area contributed by atoms with Crippen LogP contribution in [0.5, 0.6) is 5.75 Å². The molecule has 1 saturated heterocycles. The molecule has 2 rings (SSSR count). The number of rotatable bonds is 6. The lowest BCUT2D eigenvalue weighted by atomic mass is 9.95. The molecule has 1 aliphatic rings. The molecule has 1 N–H and O–H groups in total. The molecule has 1 aromatic rings. The topological polar surface area (TPSA) is 47.6 Å². The van der Waals surface area contributed by atoms with Crippen molar-refractivity contribution in [1.29, 1.82) is 0 Å². The normalized spacial score (nSPS) is 15.8. The standard InChI is InChI=1S/C16H23NO3/c1-19-15-6-2-5-14(12-15)16(18)17-9-3-4-13-7-10-20-11-8-13/h2,5-6,12-13H,3-4,7-11H2,1H3,(H,17,18). The van der Waals surface area contributed by atoms with Gasteiger partial charge in [0.1, 0.15) is 5.75 Å². The van der Waals surface area contributed by atoms with Crippen molar-refractivity contribution in [3.63, 3.8) is 0 Å². The molecule has 0 spiro atoms. The van der Waals surface area contributed by atoms with Crippen molar-refractivity contribution in [2.24, 2.45) is 5.92 Å². The van der Waals surface area contributed by atoms with Crippen LogP contribution in [-0.2, 0) is 4.74 Å². The predicted molar refractivity (Wildman–Crippen MR) is 78.1 cm³/mol. The van der Waals surface area contributed by atoms with E-state index in [1.54, 1.807) is 19.2 Å². The average Bonchev–Trinajstić information content (AvgIpc) is 2.52. The Morgan fingerprint density at radius 3 is 2.95 bits per heavy atom. The van der Waals surface area contributed by atoms with E-state index in [-0.39, 0.29) is 5.91 Å². The van der Waals surface area contributed by atoms with Gasteiger partial charge in [-0.2, -0.15) is 0 Å². The highest BCUT2D eigenvalue weighted by Crippen LogP contribution is 2.19. The summed E-state index contributed by atoms with van der Waals surface area (Å²) in [5.74, 6) is 1.44. The highest BCUT2D eigenvalue weighted by atomic mass is 16.5. The predicted octanol–water partition coefficient (Wildman–Crippen LogP) is 2.63. The first-order chi connectivity index (χ1) is 9.79. The summed E-state index contributed by atoms with van der Waals surface area (Å²) < 4.78 is 10.5. The summed E-state index contributed by atoms with van der Waals surface area (Å²) in [5, 5.41) is 2.96. The van der Waals surface area contributed by atoms with Crippen LogP contribution in [0.3, 0.4) is 0 Å². The van der Waals surface area contributed by atoms with Gasteiger partial charge in [-0.15, -0.1) is 0 Å². The second-order valence-corrected chi connectivity index (χ2v) is 5.19. The Labute approximate surface area is 120 Å². The van der Waals surface area contributed by atoms with E-state index < -0.39 is 0 Å². The summed E-state index contributed by atoms with van der Waals surface area (Å²) in [7, 11) is 1.60. The fourth-order valence-electron chi connectivity index (χ4n) is 2.49. The maximum atomic E-state index is 12.0. The van der Waals surface area contributed by atoms with Crippen molar-refractivity contribution >= 4 is 5.91 Å². The van der Waals surface area contributed by atoms with E-state index in [0.717, 1.165) is 44.9 Å². The molecular formula is C16H23NO3. The Hall–Kier alpha value is -1.55. The quantitative estimate of drug-likeness (QED) is 0.813. The monoisotopic (exact) mass is 277 g/mol. The van der Waals surface area contributed by atoms with Gasteiger partial charge in [-0.05, 0) is 49.8 Å². The van der Waals surface area contributed by atoms with E-state index in [1.807, 2.05) is 12.1 Å². The number of carbonyl (C=O) groups excluding carboxylic acids is 1. The fourth-order valence-corrected chi connectivity index (χ4v) is 2.49. The molecule has 0 aromatic heterocycles. The van der Waals surface area contributed by atoms with Crippen LogP contribution in [0.1, 0.15) is 36.0 Å². The number of ether oxygens (including phenoxy) is 2. The van der Waals surface area contributed by atoms with Gasteiger partial charge in [0.05, 0.1) is 7.11 Å². The lowest BCUT2D eigenvalue weighted by molar-refractivity contribution is 0.0631. The molecule has 0 unspecified atom stereocenters. The molecule has 4 nitrogen and oxygen atoms in total. The molecule has 0 radical (unpaired) electrons. The summed E-state index contributed by atoms with van der Waals surface area (Å²) in [5.41, 5.74) is 0.649. The van der Waals surface area contributed by atoms with Gasteiger partial charge in [-0.25, -0.2) is 0 Å². The van der Waals surface area contributed by atoms with Gasteiger partial charge in [0.25, 0.3) is 5.91 Å². The SMILES string of the molecule is COc1cccc(C(=O)NCCCC2CCOCC2)c1. The number of amides is 1. The molecule has 110 valence electrons. The average molecular weight is 277 g/mol. The van der Waals surface area contributed by atoms with E-state index in [9.17, 15) is 4.79 Å². The zero-order chi connectivity index (χ0) is 14.2. The Balaban J connectivity index is 1.69. The molecule has 0 atom stereocenters. The first-order valence-corrected chi connectivity index (χ1v) is 7.29. The van der Waals surface area contributed by atoms with E-state index in [1.165, 1.54) is 6.42 Å². The molecule has 1 fully saturated rings. The molecule has 20 heavy (non-hydrogen) atoms. The van der Waals surface area contributed by atoms with Crippen LogP contribution in [0.2, 0.25) is 0 Å². The fraction of sp³-hybridized carbons (Fsp3) is 0.562. The van der Waals surface area contributed by atoms with Gasteiger partial charge in [0, 0.05) is 25.3 Å². The molecule has 0 bridgehead atoms. The number of methoxy groups -OCH3 is 1. The van der Waals surface area contributed by atoms with Crippen LogP contribution < -0.4 is 10.1 Å². The second kappa shape index (κ2) is 7.90. The van der Waals surface area contributed by atoms with Gasteiger partial charge in [-0.3, -0.25) is 4.79 Å². The van der Waals surface area contributed by atoms with Gasteiger partial charge in [0.2, 0.25) is 0 Å². The van der Waals surface area contributed by atoms with Crippen molar-refractivity contribution in [3.05, 3.63) is 29.8 Å². The van der Waals surface area contributed by atoms with Crippen molar-refractivity contribution in [3.8, 4) is 5.75 Å². The first-order valence-electron chi connectivity index (χ1n) is 7.29. The molecule has 4 heteroatoms. The van der Waals surface area contributed by atoms with Crippen LogP contribution >= 0.6 is 0 Å². The molecular weight excluding hydrogens is 254 g/mol. The third-order valence-electron chi connectivity index (χ3n) is 3.75. The van der Waals surface area contributed by atoms with Crippen LogP contribution in [0.15, 0.2) is 24.3 Å². The summed E-state index contributed by atoms with van der Waals surface area (Å²) in [6, 6.07) is 7.22. The molecule has 1 amide bonds. The Morgan fingerprint density at radius 2 is 2.20 bits per heavy atom. The highest BCUT2D eigenvalue weighted by molar-refractivity contribution is 5.94. The third-order valence-corrected chi connectivity index (χ3v) is 3.75. The maximum absolute atomic E-state index is 12.0. The molecule has 0 saturated carbocycles. The van der Waals surface area contributed by atoms with Crippen molar-refractivity contribution in [1.82, 2.24) is 5.32 Å². The maximum Gasteiger partial charge on any atom is 0.251 e. The third kappa shape index (κ3) is 4.53. The Kier molecular flexibility index (Phi) is 5.87. The smallest absolute Gasteiger partial charge is 0.251 e. The van der Waals surface area contributed by atoms with Crippen LogP contribution in [0.4, 0.5) is 0 Å². The Morgan fingerprint density at radius 1 is 1.40 bits per heavy atom. The van der Waals surface area contributed by atoms with Crippen molar-refractivity contribution in [2.75, 3.05) is 26.9 Å². The number of benzene rings is 1. The highest BCUT2D eigenvalue weighted by Gasteiger charge is 2.13. The van der Waals surface area contributed by atoms with Gasteiger partial charge in [-0.1, -0.05) is 6.07 Å². The molecule has 1 aliphatic heterocycles. The van der Waals surface area contributed by atoms with Gasteiger partial charge < -0.3 is 14.8 Å². The van der Waals surface area contributed by atoms with Crippen molar-refractivity contribution in [2.45, 2.75) is 25.7 Å². The number of carbonyl (C=O) groups is 1.